The third-order valence-corrected chi connectivity index (χ3v) is 1.95. The van der Waals surface area contributed by atoms with Crippen LogP contribution in [0.1, 0.15) is 6.42 Å². The molecule has 0 fully saturated rings. The second-order valence-corrected chi connectivity index (χ2v) is 3.32. The number of anilines is 1. The largest absolute Gasteiger partial charge is 0.504 e. The molecule has 0 radical (unpaired) electrons. The van der Waals surface area contributed by atoms with Gasteiger partial charge in [-0.1, -0.05) is 0 Å². The van der Waals surface area contributed by atoms with Crippen molar-refractivity contribution < 1.29 is 25.2 Å². The molecule has 0 bridgehead atoms. The zero-order valence-electron chi connectivity index (χ0n) is 8.97. The van der Waals surface area contributed by atoms with E-state index in [-0.39, 0.29) is 12.3 Å². The number of urea groups is 1. The van der Waals surface area contributed by atoms with E-state index < -0.39 is 23.3 Å². The van der Waals surface area contributed by atoms with E-state index in [0.717, 1.165) is 12.1 Å². The molecule has 0 heterocycles. The minimum absolute atomic E-state index is 0.0267. The summed E-state index contributed by atoms with van der Waals surface area (Å²) in [5.74, 6) is -1.71. The first-order valence-electron chi connectivity index (χ1n) is 4.95. The molecule has 0 unspecified atom stereocenters. The molecule has 0 saturated carbocycles. The summed E-state index contributed by atoms with van der Waals surface area (Å²) in [5.41, 5.74) is 0.138. The lowest BCUT2D eigenvalue weighted by Crippen LogP contribution is -2.29. The van der Waals surface area contributed by atoms with Crippen LogP contribution in [0.4, 0.5) is 10.5 Å². The minimum atomic E-state index is -0.642. The number of aliphatic hydroxyl groups is 1. The monoisotopic (exact) mass is 242 g/mol. The highest BCUT2D eigenvalue weighted by atomic mass is 16.3. The number of carbonyl (C=O) groups is 1. The molecule has 1 aromatic rings. The van der Waals surface area contributed by atoms with Gasteiger partial charge < -0.3 is 31.1 Å². The Bertz CT molecular complexity index is 385. The Hall–Kier alpha value is -2.15. The molecule has 0 aliphatic heterocycles. The molecule has 0 spiro atoms. The van der Waals surface area contributed by atoms with Crippen molar-refractivity contribution in [1.82, 2.24) is 5.32 Å². The molecular weight excluding hydrogens is 228 g/mol. The summed E-state index contributed by atoms with van der Waals surface area (Å²) < 4.78 is 0. The van der Waals surface area contributed by atoms with E-state index in [1.807, 2.05) is 0 Å². The lowest BCUT2D eigenvalue weighted by Gasteiger charge is -2.08. The lowest BCUT2D eigenvalue weighted by atomic mass is 10.2. The topological polar surface area (TPSA) is 122 Å². The van der Waals surface area contributed by atoms with Gasteiger partial charge in [0.2, 0.25) is 0 Å². The summed E-state index contributed by atoms with van der Waals surface area (Å²) in [6, 6.07) is 1.66. The Morgan fingerprint density at radius 2 is 1.76 bits per heavy atom. The second kappa shape index (κ2) is 5.80. The number of carbonyl (C=O) groups excluding carboxylic acids is 1. The molecule has 0 atom stereocenters. The number of benzene rings is 1. The van der Waals surface area contributed by atoms with Crippen molar-refractivity contribution >= 4 is 11.7 Å². The van der Waals surface area contributed by atoms with Gasteiger partial charge in [-0.05, 0) is 6.42 Å². The van der Waals surface area contributed by atoms with Gasteiger partial charge in [0.1, 0.15) is 0 Å². The van der Waals surface area contributed by atoms with Crippen LogP contribution in [-0.4, -0.2) is 39.6 Å². The van der Waals surface area contributed by atoms with Gasteiger partial charge >= 0.3 is 6.03 Å². The van der Waals surface area contributed by atoms with Crippen molar-refractivity contribution in [1.29, 1.82) is 0 Å². The zero-order valence-corrected chi connectivity index (χ0v) is 8.97. The first-order valence-corrected chi connectivity index (χ1v) is 4.95. The number of phenolic OH excluding ortho intramolecular Hbond substituents is 3. The van der Waals surface area contributed by atoms with Crippen molar-refractivity contribution in [3.05, 3.63) is 12.1 Å². The van der Waals surface area contributed by atoms with Crippen LogP contribution in [0.15, 0.2) is 12.1 Å². The molecule has 7 heteroatoms. The molecule has 94 valence electrons. The number of nitrogens with one attached hydrogen (secondary N) is 2. The molecule has 6 N–H and O–H groups in total. The highest BCUT2D eigenvalue weighted by molar-refractivity contribution is 5.90. The Balaban J connectivity index is 2.60. The average Bonchev–Trinajstić information content (AvgIpc) is 2.26. The predicted molar refractivity (Wildman–Crippen MR) is 60.2 cm³/mol. The van der Waals surface area contributed by atoms with E-state index in [4.69, 9.17) is 10.2 Å². The van der Waals surface area contributed by atoms with Gasteiger partial charge in [-0.2, -0.15) is 0 Å². The molecule has 1 rings (SSSR count). The van der Waals surface area contributed by atoms with Crippen LogP contribution < -0.4 is 10.6 Å². The van der Waals surface area contributed by atoms with Crippen LogP contribution in [0.5, 0.6) is 17.2 Å². The van der Waals surface area contributed by atoms with E-state index in [1.165, 1.54) is 0 Å². The third-order valence-electron chi connectivity index (χ3n) is 1.95. The summed E-state index contributed by atoms with van der Waals surface area (Å²) in [6.07, 6.45) is 0.430. The van der Waals surface area contributed by atoms with Crippen LogP contribution in [-0.2, 0) is 0 Å². The van der Waals surface area contributed by atoms with Crippen LogP contribution >= 0.6 is 0 Å². The Labute approximate surface area is 97.3 Å². The number of amides is 2. The van der Waals surface area contributed by atoms with Crippen LogP contribution in [0.3, 0.4) is 0 Å². The molecule has 0 aromatic heterocycles. The first kappa shape index (κ1) is 12.9. The molecule has 17 heavy (non-hydrogen) atoms. The summed E-state index contributed by atoms with van der Waals surface area (Å²) >= 11 is 0. The van der Waals surface area contributed by atoms with Gasteiger partial charge in [-0.25, -0.2) is 4.79 Å². The predicted octanol–water partition coefficient (Wildman–Crippen LogP) is 0.307. The van der Waals surface area contributed by atoms with Crippen molar-refractivity contribution in [3.63, 3.8) is 0 Å². The lowest BCUT2D eigenvalue weighted by molar-refractivity contribution is 0.249. The van der Waals surface area contributed by atoms with E-state index >= 15 is 0 Å². The van der Waals surface area contributed by atoms with Crippen LogP contribution in [0.2, 0.25) is 0 Å². The molecule has 1 aromatic carbocycles. The van der Waals surface area contributed by atoms with Crippen molar-refractivity contribution in [2.75, 3.05) is 18.5 Å². The minimum Gasteiger partial charge on any atom is -0.504 e. The van der Waals surface area contributed by atoms with Crippen molar-refractivity contribution in [2.24, 2.45) is 0 Å². The third kappa shape index (κ3) is 3.72. The van der Waals surface area contributed by atoms with Crippen LogP contribution in [0.25, 0.3) is 0 Å². The van der Waals surface area contributed by atoms with Gasteiger partial charge in [-0.15, -0.1) is 0 Å². The number of aliphatic hydroxyl groups excluding tert-OH is 1. The fourth-order valence-electron chi connectivity index (χ4n) is 1.13. The van der Waals surface area contributed by atoms with Gasteiger partial charge in [0.25, 0.3) is 0 Å². The number of hydrogen-bond acceptors (Lipinski definition) is 5. The van der Waals surface area contributed by atoms with E-state index in [0.29, 0.717) is 13.0 Å². The standard InChI is InChI=1S/C10H14N2O5/c13-3-1-2-11-10(17)12-6-4-7(14)9(16)8(15)5-6/h4-5,13-16H,1-3H2,(H2,11,12,17). The maximum absolute atomic E-state index is 11.3. The highest BCUT2D eigenvalue weighted by Crippen LogP contribution is 2.37. The SMILES string of the molecule is O=C(NCCCO)Nc1cc(O)c(O)c(O)c1. The maximum atomic E-state index is 11.3. The molecule has 0 aliphatic rings. The van der Waals surface area contributed by atoms with Gasteiger partial charge in [-0.3, -0.25) is 0 Å². The molecule has 0 saturated heterocycles. The maximum Gasteiger partial charge on any atom is 0.319 e. The van der Waals surface area contributed by atoms with E-state index in [9.17, 15) is 15.0 Å². The summed E-state index contributed by atoms with van der Waals surface area (Å²) in [7, 11) is 0. The second-order valence-electron chi connectivity index (χ2n) is 3.32. The molecule has 0 aliphatic carbocycles. The molecular formula is C10H14N2O5. The van der Waals surface area contributed by atoms with E-state index in [2.05, 4.69) is 10.6 Å². The smallest absolute Gasteiger partial charge is 0.319 e. The number of rotatable bonds is 4. The Morgan fingerprint density at radius 3 is 2.29 bits per heavy atom. The number of phenols is 3. The van der Waals surface area contributed by atoms with Crippen LogP contribution in [0, 0.1) is 0 Å². The van der Waals surface area contributed by atoms with Gasteiger partial charge in [0.05, 0.1) is 5.69 Å². The highest BCUT2D eigenvalue weighted by Gasteiger charge is 2.09. The van der Waals surface area contributed by atoms with Crippen molar-refractivity contribution in [3.8, 4) is 17.2 Å². The summed E-state index contributed by atoms with van der Waals surface area (Å²) in [4.78, 5) is 11.3. The molecule has 2 amide bonds. The van der Waals surface area contributed by atoms with Crippen molar-refractivity contribution in [2.45, 2.75) is 6.42 Å². The summed E-state index contributed by atoms with van der Waals surface area (Å²) in [6.45, 7) is 0.277. The van der Waals surface area contributed by atoms with Gasteiger partial charge in [0.15, 0.2) is 17.2 Å². The first-order chi connectivity index (χ1) is 8.04. The summed E-state index contributed by atoms with van der Waals surface area (Å²) in [5, 5.41) is 40.8. The zero-order chi connectivity index (χ0) is 12.8. The fourth-order valence-corrected chi connectivity index (χ4v) is 1.13. The Morgan fingerprint density at radius 1 is 1.18 bits per heavy atom. The van der Waals surface area contributed by atoms with Gasteiger partial charge in [0, 0.05) is 25.3 Å². The van der Waals surface area contributed by atoms with E-state index in [1.54, 1.807) is 0 Å². The normalized spacial score (nSPS) is 9.94. The Kier molecular flexibility index (Phi) is 4.41. The molecule has 7 nitrogen and oxygen atoms in total. The average molecular weight is 242 g/mol. The number of aromatic hydroxyl groups is 3. The number of hydrogen-bond donors (Lipinski definition) is 6. The quantitative estimate of drug-likeness (QED) is 0.258. The fraction of sp³-hybridized carbons (Fsp3) is 0.300.